The van der Waals surface area contributed by atoms with Crippen LogP contribution in [0.3, 0.4) is 0 Å². The van der Waals surface area contributed by atoms with Gasteiger partial charge in [-0.3, -0.25) is 4.79 Å². The highest BCUT2D eigenvalue weighted by atomic mass is 16.7. The van der Waals surface area contributed by atoms with E-state index in [0.717, 1.165) is 10.5 Å². The van der Waals surface area contributed by atoms with E-state index in [1.54, 1.807) is 24.3 Å². The van der Waals surface area contributed by atoms with Crippen LogP contribution in [0, 0.1) is 0 Å². The van der Waals surface area contributed by atoms with Crippen LogP contribution < -0.4 is 4.74 Å². The quantitative estimate of drug-likeness (QED) is 0.865. The van der Waals surface area contributed by atoms with Gasteiger partial charge < -0.3 is 9.47 Å². The summed E-state index contributed by atoms with van der Waals surface area (Å²) in [6.07, 6.45) is -1.91. The molecule has 0 bridgehead atoms. The fourth-order valence-corrected chi connectivity index (χ4v) is 2.03. The highest BCUT2D eigenvalue weighted by Gasteiger charge is 2.42. The van der Waals surface area contributed by atoms with Gasteiger partial charge >= 0.3 is 18.3 Å². The molecular formula is C16H13NO4. The minimum Gasteiger partial charge on any atom is -0.446 e. The molecule has 1 atom stereocenters. The maximum absolute atomic E-state index is 12.2. The van der Waals surface area contributed by atoms with Gasteiger partial charge in [0.15, 0.2) is 0 Å². The van der Waals surface area contributed by atoms with Crippen LogP contribution in [0.25, 0.3) is 0 Å². The monoisotopic (exact) mass is 283 g/mol. The third-order valence-corrected chi connectivity index (χ3v) is 3.07. The number of hydrogen-bond donors (Lipinski definition) is 0. The molecule has 2 aromatic carbocycles. The van der Waals surface area contributed by atoms with E-state index in [0.29, 0.717) is 5.75 Å². The number of hydrogen-bond acceptors (Lipinski definition) is 4. The van der Waals surface area contributed by atoms with Crippen LogP contribution in [0.1, 0.15) is 5.56 Å². The van der Waals surface area contributed by atoms with E-state index in [4.69, 9.17) is 9.47 Å². The number of benzene rings is 2. The zero-order valence-corrected chi connectivity index (χ0v) is 11.1. The fraction of sp³-hybridized carbons (Fsp3) is 0.125. The zero-order chi connectivity index (χ0) is 14.7. The third-order valence-electron chi connectivity index (χ3n) is 3.07. The first-order chi connectivity index (χ1) is 10.2. The van der Waals surface area contributed by atoms with Gasteiger partial charge in [0.25, 0.3) is 0 Å². The van der Waals surface area contributed by atoms with Gasteiger partial charge in [-0.05, 0) is 17.7 Å². The molecule has 5 nitrogen and oxygen atoms in total. The van der Waals surface area contributed by atoms with Gasteiger partial charge in [0.2, 0.25) is 0 Å². The van der Waals surface area contributed by atoms with Crippen molar-refractivity contribution in [3.8, 4) is 5.75 Å². The summed E-state index contributed by atoms with van der Waals surface area (Å²) in [5, 5.41) is 0. The topological polar surface area (TPSA) is 55.8 Å². The molecular weight excluding hydrogens is 270 g/mol. The number of carbonyl (C=O) groups excluding carboxylic acids is 2. The number of cyclic esters (lactones) is 1. The number of ether oxygens (including phenoxy) is 2. The normalized spacial score (nSPS) is 17.7. The van der Waals surface area contributed by atoms with E-state index in [1.165, 1.54) is 0 Å². The minimum absolute atomic E-state index is 0.174. The average molecular weight is 283 g/mol. The van der Waals surface area contributed by atoms with E-state index < -0.39 is 18.3 Å². The van der Waals surface area contributed by atoms with Gasteiger partial charge in [0, 0.05) is 0 Å². The lowest BCUT2D eigenvalue weighted by Gasteiger charge is -2.11. The summed E-state index contributed by atoms with van der Waals surface area (Å²) in [5.74, 6) is -0.0158. The number of amides is 2. The molecule has 0 N–H and O–H groups in total. The maximum atomic E-state index is 12.2. The van der Waals surface area contributed by atoms with Crippen LogP contribution in [0.4, 0.5) is 4.79 Å². The lowest BCUT2D eigenvalue weighted by molar-refractivity contribution is -0.139. The third kappa shape index (κ3) is 2.86. The second-order valence-corrected chi connectivity index (χ2v) is 4.56. The number of imide groups is 1. The van der Waals surface area contributed by atoms with Gasteiger partial charge in [-0.1, -0.05) is 48.5 Å². The Bertz CT molecular complexity index is 642. The Hall–Kier alpha value is -2.82. The molecule has 1 aliphatic heterocycles. The van der Waals surface area contributed by atoms with Crippen LogP contribution in [-0.4, -0.2) is 23.2 Å². The lowest BCUT2D eigenvalue weighted by atomic mass is 10.2. The summed E-state index contributed by atoms with van der Waals surface area (Å²) in [4.78, 5) is 25.0. The molecule has 1 saturated heterocycles. The molecule has 2 amide bonds. The molecule has 21 heavy (non-hydrogen) atoms. The number of carbonyl (C=O) groups is 2. The molecule has 1 heterocycles. The summed E-state index contributed by atoms with van der Waals surface area (Å²) in [7, 11) is 0. The Labute approximate surface area is 121 Å². The van der Waals surface area contributed by atoms with Crippen molar-refractivity contribution in [2.24, 2.45) is 0 Å². The van der Waals surface area contributed by atoms with Crippen molar-refractivity contribution < 1.29 is 19.1 Å². The predicted octanol–water partition coefficient (Wildman–Crippen LogP) is 2.57. The first-order valence-corrected chi connectivity index (χ1v) is 6.51. The van der Waals surface area contributed by atoms with Crippen LogP contribution in [0.15, 0.2) is 60.7 Å². The Morgan fingerprint density at radius 1 is 0.952 bits per heavy atom. The highest BCUT2D eigenvalue weighted by molar-refractivity contribution is 5.99. The average Bonchev–Trinajstić information content (AvgIpc) is 2.77. The molecule has 0 saturated carbocycles. The number of rotatable bonds is 4. The van der Waals surface area contributed by atoms with E-state index >= 15 is 0 Å². The summed E-state index contributed by atoms with van der Waals surface area (Å²) in [5.41, 5.74) is 0.850. The summed E-state index contributed by atoms with van der Waals surface area (Å²) >= 11 is 0. The molecule has 5 heteroatoms. The van der Waals surface area contributed by atoms with Gasteiger partial charge in [0.05, 0.1) is 6.54 Å². The van der Waals surface area contributed by atoms with Crippen LogP contribution in [-0.2, 0) is 16.1 Å². The molecule has 0 aromatic heterocycles. The molecule has 1 fully saturated rings. The molecule has 106 valence electrons. The smallest absolute Gasteiger partial charge is 0.420 e. The highest BCUT2D eigenvalue weighted by Crippen LogP contribution is 2.20. The zero-order valence-electron chi connectivity index (χ0n) is 11.1. The van der Waals surface area contributed by atoms with Gasteiger partial charge in [0.1, 0.15) is 5.75 Å². The Balaban J connectivity index is 1.70. The molecule has 2 aromatic rings. The van der Waals surface area contributed by atoms with E-state index in [1.807, 2.05) is 36.4 Å². The van der Waals surface area contributed by atoms with Crippen LogP contribution in [0.5, 0.6) is 5.75 Å². The van der Waals surface area contributed by atoms with Crippen LogP contribution in [0.2, 0.25) is 0 Å². The van der Waals surface area contributed by atoms with E-state index in [9.17, 15) is 9.59 Å². The molecule has 0 radical (unpaired) electrons. The van der Waals surface area contributed by atoms with E-state index in [-0.39, 0.29) is 6.54 Å². The molecule has 0 spiro atoms. The van der Waals surface area contributed by atoms with Crippen molar-refractivity contribution in [3.05, 3.63) is 66.2 Å². The first-order valence-electron chi connectivity index (χ1n) is 6.51. The summed E-state index contributed by atoms with van der Waals surface area (Å²) < 4.78 is 10.4. The van der Waals surface area contributed by atoms with Gasteiger partial charge in [-0.2, -0.15) is 0 Å². The molecule has 3 rings (SSSR count). The van der Waals surface area contributed by atoms with Crippen LogP contribution >= 0.6 is 0 Å². The van der Waals surface area contributed by atoms with Crippen molar-refractivity contribution in [1.82, 2.24) is 4.90 Å². The molecule has 0 aliphatic carbocycles. The largest absolute Gasteiger partial charge is 0.446 e. The van der Waals surface area contributed by atoms with Gasteiger partial charge in [-0.15, -0.1) is 0 Å². The second kappa shape index (κ2) is 5.66. The summed E-state index contributed by atoms with van der Waals surface area (Å²) in [6.45, 7) is 0.174. The van der Waals surface area contributed by atoms with Crippen molar-refractivity contribution in [2.45, 2.75) is 12.8 Å². The molecule has 1 aliphatic rings. The number of nitrogens with zero attached hydrogens (tertiary/aromatic N) is 1. The fourth-order valence-electron chi connectivity index (χ4n) is 2.03. The lowest BCUT2D eigenvalue weighted by Crippen LogP contribution is -2.33. The Morgan fingerprint density at radius 3 is 2.24 bits per heavy atom. The van der Waals surface area contributed by atoms with Gasteiger partial charge in [-0.25, -0.2) is 9.69 Å². The van der Waals surface area contributed by atoms with Crippen molar-refractivity contribution in [1.29, 1.82) is 0 Å². The van der Waals surface area contributed by atoms with Crippen molar-refractivity contribution in [3.63, 3.8) is 0 Å². The number of para-hydroxylation sites is 1. The predicted molar refractivity (Wildman–Crippen MR) is 74.3 cm³/mol. The SMILES string of the molecule is O=C1OC(Oc2ccccc2)C(=O)N1Cc1ccccc1. The Kier molecular flexibility index (Phi) is 3.55. The van der Waals surface area contributed by atoms with Crippen molar-refractivity contribution in [2.75, 3.05) is 0 Å². The molecule has 1 unspecified atom stereocenters. The minimum atomic E-state index is -1.22. The second-order valence-electron chi connectivity index (χ2n) is 4.56. The first kappa shape index (κ1) is 13.2. The van der Waals surface area contributed by atoms with Crippen molar-refractivity contribution >= 4 is 12.0 Å². The summed E-state index contributed by atoms with van der Waals surface area (Å²) in [6, 6.07) is 18.0. The Morgan fingerprint density at radius 2 is 1.57 bits per heavy atom. The maximum Gasteiger partial charge on any atom is 0.420 e. The van der Waals surface area contributed by atoms with E-state index in [2.05, 4.69) is 0 Å². The standard InChI is InChI=1S/C16H13NO4/c18-14-15(20-13-9-5-2-6-10-13)21-16(19)17(14)11-12-7-3-1-4-8-12/h1-10,15H,11H2.